The molecule has 2 aromatic rings. The van der Waals surface area contributed by atoms with Gasteiger partial charge in [0.15, 0.2) is 0 Å². The predicted octanol–water partition coefficient (Wildman–Crippen LogP) is 2.60. The normalized spacial score (nSPS) is 18.9. The van der Waals surface area contributed by atoms with Crippen molar-refractivity contribution in [1.82, 2.24) is 9.88 Å². The second kappa shape index (κ2) is 7.67. The van der Waals surface area contributed by atoms with Crippen molar-refractivity contribution >= 4 is 17.4 Å². The third kappa shape index (κ3) is 3.46. The molecule has 0 radical (unpaired) electrons. The fourth-order valence-corrected chi connectivity index (χ4v) is 3.09. The monoisotopic (exact) mass is 370 g/mol. The van der Waals surface area contributed by atoms with Gasteiger partial charge in [-0.2, -0.15) is 0 Å². The lowest BCUT2D eigenvalue weighted by Crippen LogP contribution is -2.33. The molecule has 3 rings (SSSR count). The quantitative estimate of drug-likeness (QED) is 0.497. The fourth-order valence-electron chi connectivity index (χ4n) is 3.09. The molecule has 1 aromatic carbocycles. The van der Waals surface area contributed by atoms with Gasteiger partial charge in [0.1, 0.15) is 17.6 Å². The Morgan fingerprint density at radius 1 is 1.30 bits per heavy atom. The molecule has 1 saturated heterocycles. The number of rotatable bonds is 5. The molecule has 0 saturated carbocycles. The van der Waals surface area contributed by atoms with E-state index in [1.807, 2.05) is 0 Å². The number of nitrogens with zero attached hydrogens (tertiary/aromatic N) is 2. The van der Waals surface area contributed by atoms with E-state index in [4.69, 9.17) is 4.74 Å². The number of ketones is 1. The summed E-state index contributed by atoms with van der Waals surface area (Å²) in [5, 5.41) is 10.8. The zero-order valence-corrected chi connectivity index (χ0v) is 15.0. The van der Waals surface area contributed by atoms with E-state index in [0.717, 1.165) is 0 Å². The topological polar surface area (TPSA) is 79.7 Å². The smallest absolute Gasteiger partial charge is 0.295 e. The lowest BCUT2D eigenvalue weighted by atomic mass is 9.97. The van der Waals surface area contributed by atoms with Crippen LogP contribution in [0.5, 0.6) is 0 Å². The summed E-state index contributed by atoms with van der Waals surface area (Å²) in [6.07, 6.45) is 1.55. The minimum absolute atomic E-state index is 0.0687. The number of likely N-dealkylation sites (tertiary alicyclic amines) is 1. The summed E-state index contributed by atoms with van der Waals surface area (Å²) in [6.45, 7) is 1.95. The molecule has 1 aromatic heterocycles. The van der Waals surface area contributed by atoms with Crippen LogP contribution >= 0.6 is 0 Å². The van der Waals surface area contributed by atoms with Crippen molar-refractivity contribution in [3.8, 4) is 0 Å². The Morgan fingerprint density at radius 3 is 2.70 bits per heavy atom. The Morgan fingerprint density at radius 2 is 2.07 bits per heavy atom. The fraction of sp³-hybridized carbons (Fsp3) is 0.250. The minimum Gasteiger partial charge on any atom is -0.507 e. The van der Waals surface area contributed by atoms with E-state index < -0.39 is 23.5 Å². The van der Waals surface area contributed by atoms with E-state index in [2.05, 4.69) is 4.98 Å². The number of aryl methyl sites for hydroxylation is 1. The third-order valence-electron chi connectivity index (χ3n) is 4.48. The summed E-state index contributed by atoms with van der Waals surface area (Å²) in [6, 6.07) is 8.31. The standard InChI is InChI=1S/C20H19FN2O4/c1-12-11-13(6-7-14(12)21)18(24)16-17(15-5-3-4-8-22-15)23(9-10-27-2)20(26)19(16)25/h3-8,11,17,24H,9-10H2,1-2H3/b18-16-. The van der Waals surface area contributed by atoms with Crippen LogP contribution in [0.4, 0.5) is 4.39 Å². The van der Waals surface area contributed by atoms with E-state index in [9.17, 15) is 19.1 Å². The van der Waals surface area contributed by atoms with E-state index >= 15 is 0 Å². The Kier molecular flexibility index (Phi) is 5.32. The average Bonchev–Trinajstić information content (AvgIpc) is 2.93. The van der Waals surface area contributed by atoms with Gasteiger partial charge in [0.05, 0.1) is 17.9 Å². The SMILES string of the molecule is COCCN1C(=O)C(=O)/C(=C(\O)c2ccc(F)c(C)c2)C1c1ccccn1. The molecule has 1 unspecified atom stereocenters. The number of aromatic nitrogens is 1. The molecule has 140 valence electrons. The molecule has 6 nitrogen and oxygen atoms in total. The molecule has 7 heteroatoms. The Hall–Kier alpha value is -3.06. The molecule has 1 aliphatic rings. The second-order valence-corrected chi connectivity index (χ2v) is 6.20. The number of aliphatic hydroxyl groups is 1. The number of Topliss-reactive ketones (excluding diaryl/α,β-unsaturated/α-hetero) is 1. The van der Waals surface area contributed by atoms with Crippen molar-refractivity contribution in [2.75, 3.05) is 20.3 Å². The van der Waals surface area contributed by atoms with Gasteiger partial charge in [-0.3, -0.25) is 14.6 Å². The first-order valence-electron chi connectivity index (χ1n) is 8.40. The Balaban J connectivity index is 2.16. The molecule has 2 heterocycles. The summed E-state index contributed by atoms with van der Waals surface area (Å²) in [7, 11) is 1.49. The first-order chi connectivity index (χ1) is 13.0. The molecule has 1 amide bonds. The molecule has 0 aliphatic carbocycles. The van der Waals surface area contributed by atoms with Gasteiger partial charge in [-0.05, 0) is 42.8 Å². The Bertz CT molecular complexity index is 911. The highest BCUT2D eigenvalue weighted by atomic mass is 19.1. The lowest BCUT2D eigenvalue weighted by Gasteiger charge is -2.24. The molecule has 1 N–H and O–H groups in total. The van der Waals surface area contributed by atoms with E-state index in [0.29, 0.717) is 11.3 Å². The number of pyridine rings is 1. The van der Waals surface area contributed by atoms with E-state index in [-0.39, 0.29) is 30.0 Å². The van der Waals surface area contributed by atoms with Crippen LogP contribution in [-0.2, 0) is 14.3 Å². The van der Waals surface area contributed by atoms with Crippen LogP contribution < -0.4 is 0 Å². The molecule has 1 aliphatic heterocycles. The molecular formula is C20H19FN2O4. The third-order valence-corrected chi connectivity index (χ3v) is 4.48. The van der Waals surface area contributed by atoms with Crippen molar-refractivity contribution in [2.45, 2.75) is 13.0 Å². The number of ether oxygens (including phenoxy) is 1. The van der Waals surface area contributed by atoms with Crippen LogP contribution in [0.2, 0.25) is 0 Å². The van der Waals surface area contributed by atoms with Gasteiger partial charge in [-0.1, -0.05) is 6.07 Å². The maximum Gasteiger partial charge on any atom is 0.295 e. The van der Waals surface area contributed by atoms with Crippen molar-refractivity contribution in [2.24, 2.45) is 0 Å². The molecule has 0 spiro atoms. The first-order valence-corrected chi connectivity index (χ1v) is 8.40. The highest BCUT2D eigenvalue weighted by molar-refractivity contribution is 6.46. The Labute approximate surface area is 155 Å². The number of methoxy groups -OCH3 is 1. The second-order valence-electron chi connectivity index (χ2n) is 6.20. The largest absolute Gasteiger partial charge is 0.507 e. The lowest BCUT2D eigenvalue weighted by molar-refractivity contribution is -0.140. The van der Waals surface area contributed by atoms with Gasteiger partial charge < -0.3 is 14.7 Å². The molecule has 27 heavy (non-hydrogen) atoms. The highest BCUT2D eigenvalue weighted by Crippen LogP contribution is 2.38. The highest BCUT2D eigenvalue weighted by Gasteiger charge is 2.46. The van der Waals surface area contributed by atoms with Gasteiger partial charge in [-0.25, -0.2) is 4.39 Å². The van der Waals surface area contributed by atoms with Gasteiger partial charge in [0.2, 0.25) is 0 Å². The number of aliphatic hydroxyl groups excluding tert-OH is 1. The van der Waals surface area contributed by atoms with Crippen LogP contribution in [0.15, 0.2) is 48.2 Å². The number of hydrogen-bond acceptors (Lipinski definition) is 5. The maximum atomic E-state index is 13.6. The zero-order valence-electron chi connectivity index (χ0n) is 15.0. The summed E-state index contributed by atoms with van der Waals surface area (Å²) in [5.41, 5.74) is 0.968. The zero-order chi connectivity index (χ0) is 19.6. The number of hydrogen-bond donors (Lipinski definition) is 1. The van der Waals surface area contributed by atoms with Crippen LogP contribution in [-0.4, -0.2) is 46.9 Å². The first kappa shape index (κ1) is 18.7. The van der Waals surface area contributed by atoms with Crippen molar-refractivity contribution in [3.05, 3.63) is 70.8 Å². The van der Waals surface area contributed by atoms with Crippen LogP contribution in [0.25, 0.3) is 5.76 Å². The van der Waals surface area contributed by atoms with Crippen LogP contribution in [0, 0.1) is 12.7 Å². The van der Waals surface area contributed by atoms with Gasteiger partial charge in [0.25, 0.3) is 11.7 Å². The van der Waals surface area contributed by atoms with Crippen molar-refractivity contribution in [1.29, 1.82) is 0 Å². The van der Waals surface area contributed by atoms with Crippen LogP contribution in [0.1, 0.15) is 22.9 Å². The number of halogens is 1. The van der Waals surface area contributed by atoms with E-state index in [1.165, 1.54) is 30.2 Å². The number of benzene rings is 1. The molecule has 1 atom stereocenters. The number of carbonyl (C=O) groups excluding carboxylic acids is 2. The van der Waals surface area contributed by atoms with Gasteiger partial charge >= 0.3 is 0 Å². The average molecular weight is 370 g/mol. The predicted molar refractivity (Wildman–Crippen MR) is 96.3 cm³/mol. The van der Waals surface area contributed by atoms with Crippen LogP contribution in [0.3, 0.4) is 0 Å². The summed E-state index contributed by atoms with van der Waals surface area (Å²) < 4.78 is 18.6. The maximum absolute atomic E-state index is 13.6. The molecular weight excluding hydrogens is 351 g/mol. The molecule has 1 fully saturated rings. The van der Waals surface area contributed by atoms with Gasteiger partial charge in [-0.15, -0.1) is 0 Å². The summed E-state index contributed by atoms with van der Waals surface area (Å²) in [5.74, 6) is -2.32. The minimum atomic E-state index is -0.841. The van der Waals surface area contributed by atoms with Crippen molar-refractivity contribution in [3.63, 3.8) is 0 Å². The summed E-state index contributed by atoms with van der Waals surface area (Å²) in [4.78, 5) is 30.8. The number of carbonyl (C=O) groups is 2. The van der Waals surface area contributed by atoms with Gasteiger partial charge in [0, 0.05) is 25.4 Å². The summed E-state index contributed by atoms with van der Waals surface area (Å²) >= 11 is 0. The van der Waals surface area contributed by atoms with Crippen molar-refractivity contribution < 1.29 is 23.8 Å². The molecule has 0 bridgehead atoms. The van der Waals surface area contributed by atoms with E-state index in [1.54, 1.807) is 31.3 Å². The number of amides is 1.